The first-order valence-corrected chi connectivity index (χ1v) is 11.7. The van der Waals surface area contributed by atoms with Crippen LogP contribution in [0.2, 0.25) is 5.02 Å². The maximum absolute atomic E-state index is 11.5. The number of rotatable bonds is 7. The molecule has 1 fully saturated rings. The van der Waals surface area contributed by atoms with Gasteiger partial charge in [0.05, 0.1) is 11.4 Å². The number of sulfone groups is 1. The highest BCUT2D eigenvalue weighted by atomic mass is 35.5. The van der Waals surface area contributed by atoms with Crippen molar-refractivity contribution in [2.75, 3.05) is 32.3 Å². The van der Waals surface area contributed by atoms with Crippen molar-refractivity contribution >= 4 is 28.3 Å². The minimum Gasteiger partial charge on any atom is -0.500 e. The van der Waals surface area contributed by atoms with E-state index in [-0.39, 0.29) is 6.85 Å². The quantitative estimate of drug-likeness (QED) is 0.698. The lowest BCUT2D eigenvalue weighted by molar-refractivity contribution is 0.223. The molecule has 8 heteroatoms. The maximum Gasteiger partial charge on any atom is 0.278 e. The number of ether oxygens (including phenoxy) is 1. The van der Waals surface area contributed by atoms with Gasteiger partial charge in [-0.05, 0) is 61.8 Å². The lowest BCUT2D eigenvalue weighted by atomic mass is 9.61. The van der Waals surface area contributed by atoms with Crippen molar-refractivity contribution in [3.8, 4) is 5.75 Å². The lowest BCUT2D eigenvalue weighted by Gasteiger charge is -2.37. The molecule has 1 unspecified atom stereocenters. The summed E-state index contributed by atoms with van der Waals surface area (Å²) < 4.78 is 28.9. The van der Waals surface area contributed by atoms with Gasteiger partial charge in [0.15, 0.2) is 9.84 Å². The van der Waals surface area contributed by atoms with E-state index in [9.17, 15) is 8.42 Å². The van der Waals surface area contributed by atoms with Crippen molar-refractivity contribution in [1.82, 2.24) is 10.1 Å². The largest absolute Gasteiger partial charge is 0.500 e. The first-order chi connectivity index (χ1) is 13.3. The summed E-state index contributed by atoms with van der Waals surface area (Å²) in [6, 6.07) is 15.1. The fourth-order valence-corrected chi connectivity index (χ4v) is 4.21. The molecule has 3 rings (SSSR count). The molecule has 0 radical (unpaired) electrons. The van der Waals surface area contributed by atoms with Crippen LogP contribution < -0.4 is 9.96 Å². The van der Waals surface area contributed by atoms with Gasteiger partial charge in [0.25, 0.3) is 6.85 Å². The number of nitrogens with zero attached hydrogens (tertiary/aromatic N) is 1. The predicted octanol–water partition coefficient (Wildman–Crippen LogP) is 2.73. The standard InChI is InChI=1S/C20H26BClN2O3S/c1-16-13-23-21(14-24(16)11-10-17-4-3-5-18(22)12-17)15-27-19-6-8-20(9-7-19)28(2,25)26/h3-9,12,16,23H,10-11,13-15H2,1-2H3. The summed E-state index contributed by atoms with van der Waals surface area (Å²) in [5, 5.41) is 4.31. The van der Waals surface area contributed by atoms with Crippen molar-refractivity contribution in [2.24, 2.45) is 0 Å². The van der Waals surface area contributed by atoms with Crippen LogP contribution in [0.25, 0.3) is 0 Å². The van der Waals surface area contributed by atoms with Crippen molar-refractivity contribution in [3.63, 3.8) is 0 Å². The molecule has 0 aliphatic carbocycles. The second kappa shape index (κ2) is 9.31. The minimum atomic E-state index is -3.18. The molecular formula is C20H26BClN2O3S. The van der Waals surface area contributed by atoms with Gasteiger partial charge in [-0.25, -0.2) is 8.42 Å². The van der Waals surface area contributed by atoms with E-state index in [0.717, 1.165) is 31.0 Å². The third kappa shape index (κ3) is 5.98. The molecule has 0 saturated carbocycles. The summed E-state index contributed by atoms with van der Waals surface area (Å²) >= 11 is 6.08. The van der Waals surface area contributed by atoms with Crippen LogP contribution >= 0.6 is 11.6 Å². The Hall–Kier alpha value is -1.54. The Morgan fingerprint density at radius 1 is 1.25 bits per heavy atom. The van der Waals surface area contributed by atoms with Gasteiger partial charge in [-0.15, -0.1) is 0 Å². The second-order valence-electron chi connectivity index (χ2n) is 7.38. The number of hydrogen-bond acceptors (Lipinski definition) is 5. The van der Waals surface area contributed by atoms with E-state index in [2.05, 4.69) is 23.1 Å². The molecule has 1 atom stereocenters. The number of nitrogens with one attached hydrogen (secondary N) is 1. The molecule has 2 aromatic carbocycles. The lowest BCUT2D eigenvalue weighted by Crippen LogP contribution is -2.60. The van der Waals surface area contributed by atoms with Gasteiger partial charge in [0.1, 0.15) is 5.75 Å². The van der Waals surface area contributed by atoms with Gasteiger partial charge in [-0.3, -0.25) is 0 Å². The Morgan fingerprint density at radius 2 is 2.00 bits per heavy atom. The summed E-state index contributed by atoms with van der Waals surface area (Å²) in [7, 11) is -3.18. The highest BCUT2D eigenvalue weighted by Crippen LogP contribution is 2.17. The fraction of sp³-hybridized carbons (Fsp3) is 0.400. The van der Waals surface area contributed by atoms with Gasteiger partial charge in [0, 0.05) is 30.4 Å². The molecule has 0 aromatic heterocycles. The van der Waals surface area contributed by atoms with E-state index in [1.807, 2.05) is 18.2 Å². The fourth-order valence-electron chi connectivity index (χ4n) is 3.36. The predicted molar refractivity (Wildman–Crippen MR) is 115 cm³/mol. The number of hydrogen-bond donors (Lipinski definition) is 1. The Morgan fingerprint density at radius 3 is 2.68 bits per heavy atom. The van der Waals surface area contributed by atoms with Crippen LogP contribution in [0.4, 0.5) is 0 Å². The Kier molecular flexibility index (Phi) is 7.04. The Bertz CT molecular complexity index is 893. The first kappa shape index (κ1) is 21.2. The third-order valence-corrected chi connectivity index (χ3v) is 6.42. The van der Waals surface area contributed by atoms with Crippen molar-refractivity contribution in [1.29, 1.82) is 0 Å². The maximum atomic E-state index is 11.5. The molecule has 1 aliphatic heterocycles. The van der Waals surface area contributed by atoms with E-state index < -0.39 is 9.84 Å². The van der Waals surface area contributed by atoms with Crippen LogP contribution in [-0.2, 0) is 16.3 Å². The Labute approximate surface area is 173 Å². The van der Waals surface area contributed by atoms with Gasteiger partial charge in [0.2, 0.25) is 0 Å². The van der Waals surface area contributed by atoms with Crippen LogP contribution in [-0.4, -0.2) is 58.5 Å². The van der Waals surface area contributed by atoms with E-state index in [4.69, 9.17) is 16.3 Å². The van der Waals surface area contributed by atoms with E-state index in [1.54, 1.807) is 24.3 Å². The molecule has 0 bridgehead atoms. The molecule has 5 nitrogen and oxygen atoms in total. The van der Waals surface area contributed by atoms with Crippen LogP contribution in [0.5, 0.6) is 5.75 Å². The molecule has 1 aliphatic rings. The first-order valence-electron chi connectivity index (χ1n) is 9.46. The van der Waals surface area contributed by atoms with Crippen LogP contribution in [0.15, 0.2) is 53.4 Å². The van der Waals surface area contributed by atoms with Gasteiger partial charge >= 0.3 is 0 Å². The van der Waals surface area contributed by atoms with Gasteiger partial charge in [-0.1, -0.05) is 23.7 Å². The smallest absolute Gasteiger partial charge is 0.278 e. The summed E-state index contributed by atoms with van der Waals surface area (Å²) in [5.74, 6) is 0.679. The molecule has 28 heavy (non-hydrogen) atoms. The molecule has 2 aromatic rings. The zero-order chi connectivity index (χ0) is 20.1. The van der Waals surface area contributed by atoms with Crippen molar-refractivity contribution in [2.45, 2.75) is 24.3 Å². The van der Waals surface area contributed by atoms with Gasteiger partial charge in [-0.2, -0.15) is 0 Å². The summed E-state index contributed by atoms with van der Waals surface area (Å²) in [6.07, 6.45) is 3.07. The van der Waals surface area contributed by atoms with E-state index >= 15 is 0 Å². The average Bonchev–Trinajstić information content (AvgIpc) is 2.66. The molecule has 0 amide bonds. The second-order valence-corrected chi connectivity index (χ2v) is 9.84. The van der Waals surface area contributed by atoms with Crippen LogP contribution in [0.1, 0.15) is 12.5 Å². The zero-order valence-corrected chi connectivity index (χ0v) is 17.8. The summed E-state index contributed by atoms with van der Waals surface area (Å²) in [5.41, 5.74) is 1.25. The SMILES string of the molecule is CC1CNB(COc2ccc(S(C)(=O)=O)cc2)CN1CCc1cccc(Cl)c1. The molecule has 1 heterocycles. The molecule has 0 spiro atoms. The number of halogens is 1. The molecule has 1 saturated heterocycles. The zero-order valence-electron chi connectivity index (χ0n) is 16.3. The summed E-state index contributed by atoms with van der Waals surface area (Å²) in [4.78, 5) is 2.77. The van der Waals surface area contributed by atoms with Crippen molar-refractivity contribution < 1.29 is 13.2 Å². The van der Waals surface area contributed by atoms with Crippen molar-refractivity contribution in [3.05, 3.63) is 59.1 Å². The van der Waals surface area contributed by atoms with E-state index in [0.29, 0.717) is 23.2 Å². The van der Waals surface area contributed by atoms with E-state index in [1.165, 1.54) is 11.8 Å². The number of benzene rings is 2. The minimum absolute atomic E-state index is 0.227. The highest BCUT2D eigenvalue weighted by Gasteiger charge is 2.28. The summed E-state index contributed by atoms with van der Waals surface area (Å²) in [6.45, 7) is 4.88. The normalized spacial score (nSPS) is 18.2. The highest BCUT2D eigenvalue weighted by molar-refractivity contribution is 7.90. The van der Waals surface area contributed by atoms with Crippen LogP contribution in [0.3, 0.4) is 0 Å². The molecule has 1 N–H and O–H groups in total. The topological polar surface area (TPSA) is 58.6 Å². The average molecular weight is 421 g/mol. The monoisotopic (exact) mass is 420 g/mol. The molecule has 150 valence electrons. The van der Waals surface area contributed by atoms with Crippen LogP contribution in [0, 0.1) is 0 Å². The Balaban J connectivity index is 1.51. The molecular weight excluding hydrogens is 395 g/mol. The van der Waals surface area contributed by atoms with Gasteiger partial charge < -0.3 is 14.9 Å². The third-order valence-electron chi connectivity index (χ3n) is 5.06.